The fraction of sp³-hybridized carbons (Fsp3) is 0.412. The van der Waals surface area contributed by atoms with Gasteiger partial charge in [0.05, 0.1) is 10.7 Å². The number of fused-ring (bicyclic) bond motifs is 1. The summed E-state index contributed by atoms with van der Waals surface area (Å²) < 4.78 is 0. The SMILES string of the molecule is Cc1nc2c(s1)CC(C(=O)NCCc1ccc(Cl)cc1)CC2. The Morgan fingerprint density at radius 1 is 1.41 bits per heavy atom. The van der Waals surface area contributed by atoms with Gasteiger partial charge in [0.1, 0.15) is 0 Å². The molecule has 1 atom stereocenters. The van der Waals surface area contributed by atoms with E-state index in [0.29, 0.717) is 6.54 Å². The van der Waals surface area contributed by atoms with Crippen LogP contribution in [0.25, 0.3) is 0 Å². The average Bonchev–Trinajstić information content (AvgIpc) is 2.88. The van der Waals surface area contributed by atoms with Gasteiger partial charge < -0.3 is 5.32 Å². The first-order valence-electron chi connectivity index (χ1n) is 7.59. The van der Waals surface area contributed by atoms with Crippen LogP contribution in [0.1, 0.15) is 27.6 Å². The zero-order valence-electron chi connectivity index (χ0n) is 12.6. The molecule has 2 aromatic rings. The molecule has 1 N–H and O–H groups in total. The van der Waals surface area contributed by atoms with Crippen LogP contribution in [-0.2, 0) is 24.1 Å². The van der Waals surface area contributed by atoms with E-state index in [2.05, 4.69) is 10.3 Å². The predicted octanol–water partition coefficient (Wildman–Crippen LogP) is 3.57. The molecule has 3 nitrogen and oxygen atoms in total. The Bertz CT molecular complexity index is 666. The topological polar surface area (TPSA) is 42.0 Å². The molecule has 1 aliphatic carbocycles. The van der Waals surface area contributed by atoms with Gasteiger partial charge in [0.25, 0.3) is 0 Å². The van der Waals surface area contributed by atoms with E-state index < -0.39 is 0 Å². The Balaban J connectivity index is 1.49. The number of benzene rings is 1. The third-order valence-electron chi connectivity index (χ3n) is 4.04. The van der Waals surface area contributed by atoms with Crippen LogP contribution in [0.2, 0.25) is 5.02 Å². The third kappa shape index (κ3) is 3.68. The first-order chi connectivity index (χ1) is 10.6. The van der Waals surface area contributed by atoms with Crippen molar-refractivity contribution in [2.45, 2.75) is 32.6 Å². The van der Waals surface area contributed by atoms with Crippen LogP contribution in [0.3, 0.4) is 0 Å². The lowest BCUT2D eigenvalue weighted by atomic mass is 9.90. The average molecular weight is 335 g/mol. The van der Waals surface area contributed by atoms with Crippen molar-refractivity contribution in [2.24, 2.45) is 5.92 Å². The van der Waals surface area contributed by atoms with Crippen molar-refractivity contribution in [3.63, 3.8) is 0 Å². The highest BCUT2D eigenvalue weighted by Crippen LogP contribution is 2.29. The molecule has 0 saturated carbocycles. The molecule has 22 heavy (non-hydrogen) atoms. The quantitative estimate of drug-likeness (QED) is 0.928. The van der Waals surface area contributed by atoms with Crippen LogP contribution in [0.15, 0.2) is 24.3 Å². The maximum Gasteiger partial charge on any atom is 0.223 e. The maximum atomic E-state index is 12.3. The molecule has 5 heteroatoms. The number of thiazole rings is 1. The van der Waals surface area contributed by atoms with E-state index >= 15 is 0 Å². The van der Waals surface area contributed by atoms with Crippen molar-refractivity contribution in [3.05, 3.63) is 50.4 Å². The van der Waals surface area contributed by atoms with E-state index in [1.807, 2.05) is 31.2 Å². The van der Waals surface area contributed by atoms with Crippen molar-refractivity contribution >= 4 is 28.8 Å². The molecular formula is C17H19ClN2OS. The van der Waals surface area contributed by atoms with E-state index in [1.54, 1.807) is 11.3 Å². The molecule has 116 valence electrons. The molecule has 0 fully saturated rings. The summed E-state index contributed by atoms with van der Waals surface area (Å²) in [5, 5.41) is 4.91. The van der Waals surface area contributed by atoms with Gasteiger partial charge in [-0.05, 0) is 50.3 Å². The molecule has 1 amide bonds. The van der Waals surface area contributed by atoms with Crippen LogP contribution in [0.5, 0.6) is 0 Å². The number of hydrogen-bond donors (Lipinski definition) is 1. The minimum absolute atomic E-state index is 0.0950. The third-order valence-corrected chi connectivity index (χ3v) is 5.33. The van der Waals surface area contributed by atoms with E-state index in [4.69, 9.17) is 11.6 Å². The summed E-state index contributed by atoms with van der Waals surface area (Å²) in [5.41, 5.74) is 2.39. The minimum atomic E-state index is 0.0950. The minimum Gasteiger partial charge on any atom is -0.356 e. The summed E-state index contributed by atoms with van der Waals surface area (Å²) in [6.07, 6.45) is 3.51. The van der Waals surface area contributed by atoms with Gasteiger partial charge in [0.2, 0.25) is 5.91 Å². The van der Waals surface area contributed by atoms with Gasteiger partial charge in [-0.1, -0.05) is 23.7 Å². The molecule has 0 spiro atoms. The van der Waals surface area contributed by atoms with Crippen LogP contribution < -0.4 is 5.32 Å². The summed E-state index contributed by atoms with van der Waals surface area (Å²) in [5.74, 6) is 0.267. The first kappa shape index (κ1) is 15.5. The molecule has 0 radical (unpaired) electrons. The summed E-state index contributed by atoms with van der Waals surface area (Å²) in [6.45, 7) is 2.70. The molecule has 1 heterocycles. The number of carbonyl (C=O) groups excluding carboxylic acids is 1. The molecule has 1 aromatic carbocycles. The summed E-state index contributed by atoms with van der Waals surface area (Å²) >= 11 is 7.60. The molecule has 1 aromatic heterocycles. The first-order valence-corrected chi connectivity index (χ1v) is 8.78. The van der Waals surface area contributed by atoms with Crippen LogP contribution >= 0.6 is 22.9 Å². The number of rotatable bonds is 4. The van der Waals surface area contributed by atoms with Crippen LogP contribution in [-0.4, -0.2) is 17.4 Å². The molecule has 1 unspecified atom stereocenters. The second-order valence-electron chi connectivity index (χ2n) is 5.71. The van der Waals surface area contributed by atoms with Gasteiger partial charge in [0.15, 0.2) is 0 Å². The van der Waals surface area contributed by atoms with Crippen molar-refractivity contribution in [1.29, 1.82) is 0 Å². The molecule has 0 saturated heterocycles. The summed E-state index contributed by atoms with van der Waals surface area (Å²) in [6, 6.07) is 7.77. The van der Waals surface area contributed by atoms with Gasteiger partial charge in [-0.15, -0.1) is 11.3 Å². The Labute approximate surface area is 139 Å². The summed E-state index contributed by atoms with van der Waals surface area (Å²) in [7, 11) is 0. The number of amides is 1. The maximum absolute atomic E-state index is 12.3. The number of nitrogens with one attached hydrogen (secondary N) is 1. The molecule has 1 aliphatic rings. The smallest absolute Gasteiger partial charge is 0.223 e. The molecule has 3 rings (SSSR count). The zero-order valence-corrected chi connectivity index (χ0v) is 14.1. The van der Waals surface area contributed by atoms with Gasteiger partial charge in [0, 0.05) is 22.4 Å². The lowest BCUT2D eigenvalue weighted by molar-refractivity contribution is -0.125. The number of aromatic nitrogens is 1. The van der Waals surface area contributed by atoms with Gasteiger partial charge in [-0.3, -0.25) is 4.79 Å². The highest BCUT2D eigenvalue weighted by molar-refractivity contribution is 7.11. The van der Waals surface area contributed by atoms with Crippen molar-refractivity contribution < 1.29 is 4.79 Å². The van der Waals surface area contributed by atoms with Crippen LogP contribution in [0, 0.1) is 12.8 Å². The zero-order chi connectivity index (χ0) is 15.5. The Morgan fingerprint density at radius 3 is 2.95 bits per heavy atom. The largest absolute Gasteiger partial charge is 0.356 e. The molecule has 0 aliphatic heterocycles. The highest BCUT2D eigenvalue weighted by atomic mass is 35.5. The van der Waals surface area contributed by atoms with Crippen molar-refractivity contribution in [1.82, 2.24) is 10.3 Å². The number of nitrogens with zero attached hydrogens (tertiary/aromatic N) is 1. The van der Waals surface area contributed by atoms with Gasteiger partial charge in [-0.2, -0.15) is 0 Å². The number of aryl methyl sites for hydroxylation is 2. The second-order valence-corrected chi connectivity index (χ2v) is 7.43. The lowest BCUT2D eigenvalue weighted by Gasteiger charge is -2.20. The number of halogens is 1. The van der Waals surface area contributed by atoms with E-state index in [-0.39, 0.29) is 11.8 Å². The van der Waals surface area contributed by atoms with Crippen LogP contribution in [0.4, 0.5) is 0 Å². The van der Waals surface area contributed by atoms with E-state index in [9.17, 15) is 4.79 Å². The van der Waals surface area contributed by atoms with Crippen molar-refractivity contribution in [2.75, 3.05) is 6.54 Å². The Kier molecular flexibility index (Phi) is 4.79. The van der Waals surface area contributed by atoms with Gasteiger partial charge >= 0.3 is 0 Å². The molecule has 0 bridgehead atoms. The number of carbonyl (C=O) groups is 1. The monoisotopic (exact) mass is 334 g/mol. The van der Waals surface area contributed by atoms with E-state index in [0.717, 1.165) is 35.7 Å². The van der Waals surface area contributed by atoms with Crippen molar-refractivity contribution in [3.8, 4) is 0 Å². The standard InChI is InChI=1S/C17H19ClN2OS/c1-11-20-15-7-4-13(10-16(15)22-11)17(21)19-9-8-12-2-5-14(18)6-3-12/h2-3,5-6,13H,4,7-10H2,1H3,(H,19,21). The normalized spacial score (nSPS) is 17.1. The highest BCUT2D eigenvalue weighted by Gasteiger charge is 2.26. The van der Waals surface area contributed by atoms with E-state index in [1.165, 1.54) is 16.1 Å². The predicted molar refractivity (Wildman–Crippen MR) is 90.5 cm³/mol. The molecular weight excluding hydrogens is 316 g/mol. The van der Waals surface area contributed by atoms with Gasteiger partial charge in [-0.25, -0.2) is 4.98 Å². The fourth-order valence-corrected chi connectivity index (χ4v) is 4.04. The summed E-state index contributed by atoms with van der Waals surface area (Å²) in [4.78, 5) is 18.1. The Hall–Kier alpha value is -1.39. The second kappa shape index (κ2) is 6.80. The lowest BCUT2D eigenvalue weighted by Crippen LogP contribution is -2.35. The Morgan fingerprint density at radius 2 is 2.18 bits per heavy atom. The fourth-order valence-electron chi connectivity index (χ4n) is 2.85. The number of hydrogen-bond acceptors (Lipinski definition) is 3.